The van der Waals surface area contributed by atoms with Crippen molar-refractivity contribution in [3.8, 4) is 0 Å². The van der Waals surface area contributed by atoms with Gasteiger partial charge >= 0.3 is 0 Å². The molecule has 5 nitrogen and oxygen atoms in total. The number of aromatic nitrogens is 2. The molecule has 1 unspecified atom stereocenters. The number of nitrogens with zero attached hydrogens (tertiary/aromatic N) is 3. The van der Waals surface area contributed by atoms with E-state index in [4.69, 9.17) is 5.73 Å². The fourth-order valence-corrected chi connectivity index (χ4v) is 2.64. The van der Waals surface area contributed by atoms with Crippen LogP contribution >= 0.6 is 0 Å². The van der Waals surface area contributed by atoms with Crippen molar-refractivity contribution in [1.29, 1.82) is 0 Å². The molecule has 0 aromatic carbocycles. The lowest BCUT2D eigenvalue weighted by molar-refractivity contribution is 0.382. The summed E-state index contributed by atoms with van der Waals surface area (Å²) in [5.74, 6) is 1.17. The quantitative estimate of drug-likeness (QED) is 0.890. The van der Waals surface area contributed by atoms with E-state index in [1.54, 1.807) is 17.0 Å². The Bertz CT molecular complexity index is 489. The van der Waals surface area contributed by atoms with E-state index in [1.165, 1.54) is 0 Å². The first kappa shape index (κ1) is 14.1. The Morgan fingerprint density at radius 3 is 2.84 bits per heavy atom. The van der Waals surface area contributed by atoms with Crippen molar-refractivity contribution in [3.63, 3.8) is 0 Å². The summed E-state index contributed by atoms with van der Waals surface area (Å²) < 4.78 is 1.76. The van der Waals surface area contributed by atoms with Gasteiger partial charge in [0.1, 0.15) is 0 Å². The maximum Gasteiger partial charge on any atom is 0.293 e. The fraction of sp³-hybridized carbons (Fsp3) is 0.714. The topological polar surface area (TPSA) is 64.2 Å². The Hall–Kier alpha value is -1.36. The van der Waals surface area contributed by atoms with Crippen molar-refractivity contribution in [3.05, 3.63) is 22.7 Å². The first-order valence-corrected chi connectivity index (χ1v) is 6.96. The molecule has 0 spiro atoms. The molecule has 19 heavy (non-hydrogen) atoms. The minimum absolute atomic E-state index is 0.00315. The van der Waals surface area contributed by atoms with E-state index < -0.39 is 0 Å². The van der Waals surface area contributed by atoms with Crippen LogP contribution in [0.5, 0.6) is 0 Å². The zero-order valence-electron chi connectivity index (χ0n) is 12.1. The third-order valence-corrected chi connectivity index (χ3v) is 3.71. The first-order chi connectivity index (χ1) is 8.93. The van der Waals surface area contributed by atoms with Crippen LogP contribution in [0, 0.1) is 5.92 Å². The van der Waals surface area contributed by atoms with Crippen molar-refractivity contribution in [2.45, 2.75) is 39.2 Å². The zero-order chi connectivity index (χ0) is 14.0. The summed E-state index contributed by atoms with van der Waals surface area (Å²) in [5, 5.41) is 0. The fourth-order valence-electron chi connectivity index (χ4n) is 2.64. The highest BCUT2D eigenvalue weighted by Gasteiger charge is 2.26. The van der Waals surface area contributed by atoms with Gasteiger partial charge in [0.2, 0.25) is 0 Å². The molecule has 1 aliphatic heterocycles. The van der Waals surface area contributed by atoms with Crippen LogP contribution < -0.4 is 16.2 Å². The lowest BCUT2D eigenvalue weighted by Gasteiger charge is -2.24. The van der Waals surface area contributed by atoms with Crippen LogP contribution in [0.2, 0.25) is 0 Å². The highest BCUT2D eigenvalue weighted by atomic mass is 16.1. The Balaban J connectivity index is 2.25. The van der Waals surface area contributed by atoms with Crippen LogP contribution in [0.4, 0.5) is 5.82 Å². The van der Waals surface area contributed by atoms with Gasteiger partial charge in [0, 0.05) is 31.0 Å². The molecule has 0 aliphatic carbocycles. The molecule has 1 saturated heterocycles. The van der Waals surface area contributed by atoms with E-state index in [0.717, 1.165) is 25.9 Å². The van der Waals surface area contributed by atoms with Gasteiger partial charge in [-0.2, -0.15) is 0 Å². The third kappa shape index (κ3) is 2.97. The molecule has 106 valence electrons. The van der Waals surface area contributed by atoms with E-state index >= 15 is 0 Å². The molecular formula is C14H24N4O. The molecule has 1 aliphatic rings. The zero-order valence-corrected chi connectivity index (χ0v) is 12.1. The van der Waals surface area contributed by atoms with Crippen LogP contribution in [0.15, 0.2) is 17.2 Å². The number of rotatable bonds is 3. The third-order valence-electron chi connectivity index (χ3n) is 3.71. The molecule has 2 N–H and O–H groups in total. The maximum absolute atomic E-state index is 12.5. The first-order valence-electron chi connectivity index (χ1n) is 6.96. The summed E-state index contributed by atoms with van der Waals surface area (Å²) in [5.41, 5.74) is 5.39. The molecule has 1 aromatic rings. The Labute approximate surface area is 114 Å². The SMILES string of the molecule is CC(C)(C)n1ccnc(N2CCC(CCN)C2)c1=O. The maximum atomic E-state index is 12.5. The predicted octanol–water partition coefficient (Wildman–Crippen LogP) is 1.17. The molecule has 0 radical (unpaired) electrons. The average molecular weight is 264 g/mol. The van der Waals surface area contributed by atoms with Gasteiger partial charge in [0.15, 0.2) is 5.82 Å². The molecule has 5 heteroatoms. The van der Waals surface area contributed by atoms with Gasteiger partial charge in [-0.3, -0.25) is 4.79 Å². The molecule has 1 fully saturated rings. The molecule has 1 atom stereocenters. The number of hydrogen-bond donors (Lipinski definition) is 1. The Kier molecular flexibility index (Phi) is 3.94. The van der Waals surface area contributed by atoms with Crippen LogP contribution in [0.25, 0.3) is 0 Å². The minimum atomic E-state index is -0.217. The monoisotopic (exact) mass is 264 g/mol. The summed E-state index contributed by atoms with van der Waals surface area (Å²) in [6.45, 7) is 8.60. The standard InChI is InChI=1S/C14H24N4O/c1-14(2,3)18-9-7-16-12(13(18)19)17-8-5-11(10-17)4-6-15/h7,9,11H,4-6,8,10,15H2,1-3H3. The highest BCUT2D eigenvalue weighted by Crippen LogP contribution is 2.22. The number of hydrogen-bond acceptors (Lipinski definition) is 4. The van der Waals surface area contributed by atoms with Crippen molar-refractivity contribution in [2.24, 2.45) is 11.7 Å². The van der Waals surface area contributed by atoms with E-state index in [2.05, 4.69) is 9.88 Å². The van der Waals surface area contributed by atoms with E-state index in [-0.39, 0.29) is 11.1 Å². The van der Waals surface area contributed by atoms with Crippen LogP contribution in [0.1, 0.15) is 33.6 Å². The average Bonchev–Trinajstić information content (AvgIpc) is 2.76. The van der Waals surface area contributed by atoms with Gasteiger partial charge in [-0.1, -0.05) is 0 Å². The molecular weight excluding hydrogens is 240 g/mol. The predicted molar refractivity (Wildman–Crippen MR) is 77.5 cm³/mol. The van der Waals surface area contributed by atoms with Gasteiger partial charge in [0.05, 0.1) is 0 Å². The Morgan fingerprint density at radius 1 is 1.47 bits per heavy atom. The molecule has 0 saturated carbocycles. The van der Waals surface area contributed by atoms with Gasteiger partial charge < -0.3 is 15.2 Å². The van der Waals surface area contributed by atoms with Crippen LogP contribution in [-0.4, -0.2) is 29.2 Å². The van der Waals surface area contributed by atoms with Crippen molar-refractivity contribution >= 4 is 5.82 Å². The van der Waals surface area contributed by atoms with Crippen molar-refractivity contribution in [2.75, 3.05) is 24.5 Å². The van der Waals surface area contributed by atoms with E-state index in [1.807, 2.05) is 20.8 Å². The second kappa shape index (κ2) is 5.33. The van der Waals surface area contributed by atoms with Gasteiger partial charge in [-0.15, -0.1) is 0 Å². The Morgan fingerprint density at radius 2 is 2.21 bits per heavy atom. The summed E-state index contributed by atoms with van der Waals surface area (Å²) in [6.07, 6.45) is 5.61. The second-order valence-electron chi connectivity index (χ2n) is 6.27. The highest BCUT2D eigenvalue weighted by molar-refractivity contribution is 5.37. The summed E-state index contributed by atoms with van der Waals surface area (Å²) >= 11 is 0. The van der Waals surface area contributed by atoms with Gasteiger partial charge in [0.25, 0.3) is 5.56 Å². The molecule has 0 amide bonds. The smallest absolute Gasteiger partial charge is 0.293 e. The van der Waals surface area contributed by atoms with E-state index in [0.29, 0.717) is 18.3 Å². The van der Waals surface area contributed by atoms with Crippen LogP contribution in [0.3, 0.4) is 0 Å². The molecule has 2 rings (SSSR count). The lowest BCUT2D eigenvalue weighted by atomic mass is 10.1. The molecule has 1 aromatic heterocycles. The van der Waals surface area contributed by atoms with Crippen LogP contribution in [-0.2, 0) is 5.54 Å². The summed E-state index contributed by atoms with van der Waals surface area (Å²) in [7, 11) is 0. The van der Waals surface area contributed by atoms with Gasteiger partial charge in [-0.05, 0) is 46.1 Å². The number of anilines is 1. The molecule has 0 bridgehead atoms. The lowest BCUT2D eigenvalue weighted by Crippen LogP contribution is -2.38. The summed E-state index contributed by atoms with van der Waals surface area (Å²) in [4.78, 5) is 18.9. The van der Waals surface area contributed by atoms with Crippen molar-refractivity contribution in [1.82, 2.24) is 9.55 Å². The second-order valence-corrected chi connectivity index (χ2v) is 6.27. The van der Waals surface area contributed by atoms with E-state index in [9.17, 15) is 4.79 Å². The van der Waals surface area contributed by atoms with Gasteiger partial charge in [-0.25, -0.2) is 4.98 Å². The summed E-state index contributed by atoms with van der Waals surface area (Å²) in [6, 6.07) is 0. The minimum Gasteiger partial charge on any atom is -0.352 e. The number of nitrogens with two attached hydrogens (primary N) is 1. The van der Waals surface area contributed by atoms with Crippen molar-refractivity contribution < 1.29 is 0 Å². The normalized spacial score (nSPS) is 20.0. The largest absolute Gasteiger partial charge is 0.352 e. The molecule has 2 heterocycles.